The van der Waals surface area contributed by atoms with Crippen molar-refractivity contribution in [3.8, 4) is 0 Å². The van der Waals surface area contributed by atoms with Crippen molar-refractivity contribution >= 4 is 29.9 Å². The fourth-order valence-corrected chi connectivity index (χ4v) is 4.53. The van der Waals surface area contributed by atoms with Gasteiger partial charge < -0.3 is 19.5 Å². The number of guanidine groups is 1. The molecule has 2 aliphatic heterocycles. The van der Waals surface area contributed by atoms with Gasteiger partial charge in [0.15, 0.2) is 5.96 Å². The third-order valence-electron chi connectivity index (χ3n) is 6.37. The van der Waals surface area contributed by atoms with E-state index in [1.807, 2.05) is 12.5 Å². The molecule has 2 aromatic rings. The van der Waals surface area contributed by atoms with Crippen LogP contribution >= 0.6 is 24.0 Å². The van der Waals surface area contributed by atoms with Crippen molar-refractivity contribution in [1.29, 1.82) is 0 Å². The largest absolute Gasteiger partial charge is 0.379 e. The molecular weight excluding hydrogens is 515 g/mol. The molecule has 2 fully saturated rings. The van der Waals surface area contributed by atoms with Crippen LogP contribution in [0.25, 0.3) is 0 Å². The van der Waals surface area contributed by atoms with Crippen molar-refractivity contribution in [3.63, 3.8) is 0 Å². The van der Waals surface area contributed by atoms with E-state index in [-0.39, 0.29) is 24.0 Å². The van der Waals surface area contributed by atoms with Gasteiger partial charge in [-0.05, 0) is 30.4 Å². The van der Waals surface area contributed by atoms with E-state index >= 15 is 0 Å². The van der Waals surface area contributed by atoms with Crippen molar-refractivity contribution in [1.82, 2.24) is 24.7 Å². The van der Waals surface area contributed by atoms with Gasteiger partial charge in [0.25, 0.3) is 0 Å². The number of hydrogen-bond donors (Lipinski definition) is 1. The summed E-state index contributed by atoms with van der Waals surface area (Å²) < 4.78 is 7.71. The van der Waals surface area contributed by atoms with Gasteiger partial charge in [0, 0.05) is 51.7 Å². The van der Waals surface area contributed by atoms with Crippen LogP contribution in [0.3, 0.4) is 0 Å². The fraction of sp³-hybridized carbons (Fsp3) is 0.583. The van der Waals surface area contributed by atoms with Crippen LogP contribution in [0.2, 0.25) is 0 Å². The molecule has 2 unspecified atom stereocenters. The lowest BCUT2D eigenvalue weighted by atomic mass is 9.93. The molecule has 32 heavy (non-hydrogen) atoms. The summed E-state index contributed by atoms with van der Waals surface area (Å²) in [5.74, 6) is 1.64. The molecule has 4 rings (SSSR count). The number of benzene rings is 1. The Morgan fingerprint density at radius 1 is 1.22 bits per heavy atom. The van der Waals surface area contributed by atoms with Gasteiger partial charge in [-0.25, -0.2) is 9.98 Å². The molecule has 0 amide bonds. The number of aliphatic imine (C=N–C) groups is 1. The molecule has 8 heteroatoms. The van der Waals surface area contributed by atoms with E-state index in [0.717, 1.165) is 64.9 Å². The number of likely N-dealkylation sites (tertiary alicyclic amines) is 1. The standard InChI is InChI=1S/C24H36N6O.HI/c1-3-26-24(29-9-7-20(2)23(18-29)30-10-8-25-19-30)27-16-21-5-4-6-22(15-21)17-28-11-13-31-14-12-28;/h4-6,8,10,15,19-20,23H,3,7,9,11-14,16-18H2,1-2H3,(H,26,27);1H. The molecule has 2 aliphatic rings. The summed E-state index contributed by atoms with van der Waals surface area (Å²) in [6, 6.07) is 9.29. The summed E-state index contributed by atoms with van der Waals surface area (Å²) in [5, 5.41) is 3.51. The molecule has 0 aliphatic carbocycles. The van der Waals surface area contributed by atoms with Crippen LogP contribution in [0.1, 0.15) is 37.4 Å². The van der Waals surface area contributed by atoms with E-state index in [1.54, 1.807) is 0 Å². The predicted molar refractivity (Wildman–Crippen MR) is 139 cm³/mol. The zero-order valence-corrected chi connectivity index (χ0v) is 21.7. The van der Waals surface area contributed by atoms with Crippen LogP contribution in [-0.2, 0) is 17.8 Å². The van der Waals surface area contributed by atoms with Crippen molar-refractivity contribution in [3.05, 3.63) is 54.1 Å². The monoisotopic (exact) mass is 552 g/mol. The Labute approximate surface area is 209 Å². The third kappa shape index (κ3) is 6.68. The molecule has 176 valence electrons. The van der Waals surface area contributed by atoms with Gasteiger partial charge in [-0.15, -0.1) is 24.0 Å². The Morgan fingerprint density at radius 3 is 2.78 bits per heavy atom. The molecule has 3 heterocycles. The van der Waals surface area contributed by atoms with Gasteiger partial charge in [-0.2, -0.15) is 0 Å². The summed E-state index contributed by atoms with van der Waals surface area (Å²) in [7, 11) is 0. The third-order valence-corrected chi connectivity index (χ3v) is 6.37. The van der Waals surface area contributed by atoms with E-state index in [9.17, 15) is 0 Å². The zero-order chi connectivity index (χ0) is 21.5. The molecule has 0 saturated carbocycles. The second-order valence-corrected chi connectivity index (χ2v) is 8.67. The minimum Gasteiger partial charge on any atom is -0.379 e. The predicted octanol–water partition coefficient (Wildman–Crippen LogP) is 3.38. The number of rotatable bonds is 6. The average molecular weight is 553 g/mol. The molecule has 0 spiro atoms. The number of hydrogen-bond acceptors (Lipinski definition) is 4. The second-order valence-electron chi connectivity index (χ2n) is 8.67. The summed E-state index contributed by atoms with van der Waals surface area (Å²) in [4.78, 5) is 14.1. The van der Waals surface area contributed by atoms with Gasteiger partial charge in [0.2, 0.25) is 0 Å². The molecule has 1 aromatic heterocycles. The van der Waals surface area contributed by atoms with Crippen LogP contribution in [0.4, 0.5) is 0 Å². The first-order chi connectivity index (χ1) is 15.2. The van der Waals surface area contributed by atoms with E-state index in [2.05, 4.69) is 69.0 Å². The molecule has 0 bridgehead atoms. The SMILES string of the molecule is CCNC(=NCc1cccc(CN2CCOCC2)c1)N1CCC(C)C(n2ccnc2)C1.I. The van der Waals surface area contributed by atoms with Crippen LogP contribution in [0.5, 0.6) is 0 Å². The number of piperidine rings is 1. The first-order valence-electron chi connectivity index (χ1n) is 11.6. The first kappa shape index (κ1) is 25.0. The highest BCUT2D eigenvalue weighted by atomic mass is 127. The lowest BCUT2D eigenvalue weighted by molar-refractivity contribution is 0.0342. The molecule has 0 radical (unpaired) electrons. The Balaban J connectivity index is 0.00000289. The normalized spacial score (nSPS) is 22.4. The summed E-state index contributed by atoms with van der Waals surface area (Å²) >= 11 is 0. The molecular formula is C24H37IN6O. The van der Waals surface area contributed by atoms with E-state index in [0.29, 0.717) is 18.5 Å². The number of nitrogens with one attached hydrogen (secondary N) is 1. The number of imidazole rings is 1. The lowest BCUT2D eigenvalue weighted by Gasteiger charge is -2.39. The number of nitrogens with zero attached hydrogens (tertiary/aromatic N) is 5. The quantitative estimate of drug-likeness (QED) is 0.339. The van der Waals surface area contributed by atoms with Crippen LogP contribution in [-0.4, -0.2) is 71.2 Å². The minimum absolute atomic E-state index is 0. The van der Waals surface area contributed by atoms with Crippen LogP contribution in [0.15, 0.2) is 48.0 Å². The maximum Gasteiger partial charge on any atom is 0.194 e. The van der Waals surface area contributed by atoms with Crippen LogP contribution in [0, 0.1) is 5.92 Å². The van der Waals surface area contributed by atoms with Crippen molar-refractivity contribution < 1.29 is 4.74 Å². The van der Waals surface area contributed by atoms with Gasteiger partial charge in [0.1, 0.15) is 0 Å². The number of aromatic nitrogens is 2. The Morgan fingerprint density at radius 2 is 2.03 bits per heavy atom. The highest BCUT2D eigenvalue weighted by molar-refractivity contribution is 14.0. The first-order valence-corrected chi connectivity index (χ1v) is 11.6. The van der Waals surface area contributed by atoms with E-state index < -0.39 is 0 Å². The molecule has 2 saturated heterocycles. The molecule has 7 nitrogen and oxygen atoms in total. The molecule has 1 N–H and O–H groups in total. The van der Waals surface area contributed by atoms with Gasteiger partial charge >= 0.3 is 0 Å². The van der Waals surface area contributed by atoms with Gasteiger partial charge in [-0.1, -0.05) is 31.2 Å². The van der Waals surface area contributed by atoms with E-state index in [4.69, 9.17) is 9.73 Å². The van der Waals surface area contributed by atoms with Crippen molar-refractivity contribution in [2.45, 2.75) is 39.4 Å². The number of ether oxygens (including phenoxy) is 1. The maximum absolute atomic E-state index is 5.47. The van der Waals surface area contributed by atoms with Crippen LogP contribution < -0.4 is 5.32 Å². The average Bonchev–Trinajstić information content (AvgIpc) is 3.33. The van der Waals surface area contributed by atoms with Crippen molar-refractivity contribution in [2.75, 3.05) is 45.9 Å². The Hall–Kier alpha value is -1.65. The summed E-state index contributed by atoms with van der Waals surface area (Å²) in [6.07, 6.45) is 7.04. The molecule has 1 aromatic carbocycles. The number of halogens is 1. The summed E-state index contributed by atoms with van der Waals surface area (Å²) in [5.41, 5.74) is 2.62. The highest BCUT2D eigenvalue weighted by Crippen LogP contribution is 2.27. The summed E-state index contributed by atoms with van der Waals surface area (Å²) in [6.45, 7) is 12.7. The van der Waals surface area contributed by atoms with Crippen molar-refractivity contribution in [2.24, 2.45) is 10.9 Å². The smallest absolute Gasteiger partial charge is 0.194 e. The maximum atomic E-state index is 5.47. The highest BCUT2D eigenvalue weighted by Gasteiger charge is 2.28. The number of morpholine rings is 1. The van der Waals surface area contributed by atoms with Gasteiger partial charge in [0.05, 0.1) is 32.1 Å². The Bertz CT molecular complexity index is 837. The lowest BCUT2D eigenvalue weighted by Crippen LogP contribution is -2.49. The second kappa shape index (κ2) is 12.6. The zero-order valence-electron chi connectivity index (χ0n) is 19.3. The fourth-order valence-electron chi connectivity index (χ4n) is 4.53. The molecule has 2 atom stereocenters. The topological polar surface area (TPSA) is 57.9 Å². The van der Waals surface area contributed by atoms with E-state index in [1.165, 1.54) is 11.1 Å². The Kier molecular flexibility index (Phi) is 9.80. The van der Waals surface area contributed by atoms with Gasteiger partial charge in [-0.3, -0.25) is 4.90 Å². The minimum atomic E-state index is 0.